The van der Waals surface area contributed by atoms with E-state index < -0.39 is 29.5 Å². The number of hydrogen-bond donors (Lipinski definition) is 3. The first-order valence-corrected chi connectivity index (χ1v) is 13.8. The molecule has 0 heterocycles. The Bertz CT molecular complexity index is 1610. The summed E-state index contributed by atoms with van der Waals surface area (Å²) in [5.41, 5.74) is 0.0851. The molecule has 0 aliphatic rings. The second-order valence-electron chi connectivity index (χ2n) is 8.79. The van der Waals surface area contributed by atoms with Gasteiger partial charge in [0.1, 0.15) is 5.70 Å². The van der Waals surface area contributed by atoms with E-state index in [-0.39, 0.29) is 17.1 Å². The maximum Gasteiger partial charge on any atom is 0.418 e. The quantitative estimate of drug-likeness (QED) is 0.135. The fourth-order valence-corrected chi connectivity index (χ4v) is 4.59. The van der Waals surface area contributed by atoms with Crippen LogP contribution in [0, 0.1) is 0 Å². The van der Waals surface area contributed by atoms with Crippen molar-refractivity contribution in [2.45, 2.75) is 11.1 Å². The number of alkyl halides is 3. The van der Waals surface area contributed by atoms with Gasteiger partial charge in [0, 0.05) is 21.2 Å². The number of anilines is 2. The average molecular weight is 610 g/mol. The Kier molecular flexibility index (Phi) is 10.1. The van der Waals surface area contributed by atoms with E-state index in [2.05, 4.69) is 16.0 Å². The van der Waals surface area contributed by atoms with Crippen molar-refractivity contribution in [3.63, 3.8) is 0 Å². The molecule has 0 unspecified atom stereocenters. The number of carbonyl (C=O) groups excluding carboxylic acids is 3. The summed E-state index contributed by atoms with van der Waals surface area (Å²) in [4.78, 5) is 39.1. The fourth-order valence-electron chi connectivity index (χ4n) is 3.70. The van der Waals surface area contributed by atoms with E-state index in [1.54, 1.807) is 78.9 Å². The summed E-state index contributed by atoms with van der Waals surface area (Å²) in [6, 6.07) is 26.4. The van der Waals surface area contributed by atoms with E-state index in [4.69, 9.17) is 11.6 Å². The minimum Gasteiger partial charge on any atom is -0.325 e. The normalized spacial score (nSPS) is 11.5. The highest BCUT2D eigenvalue weighted by Crippen LogP contribution is 2.34. The molecule has 0 fully saturated rings. The maximum atomic E-state index is 13.3. The average Bonchev–Trinajstić information content (AvgIpc) is 2.97. The summed E-state index contributed by atoms with van der Waals surface area (Å²) in [6.45, 7) is 0. The van der Waals surface area contributed by atoms with Crippen LogP contribution >= 0.6 is 23.4 Å². The van der Waals surface area contributed by atoms with Crippen molar-refractivity contribution in [3.8, 4) is 0 Å². The number of rotatable bonds is 9. The minimum absolute atomic E-state index is 0.0214. The number of thioether (sulfide) groups is 1. The molecule has 0 aromatic heterocycles. The van der Waals surface area contributed by atoms with Crippen molar-refractivity contribution in [1.29, 1.82) is 0 Å². The first-order valence-electron chi connectivity index (χ1n) is 12.4. The second-order valence-corrected chi connectivity index (χ2v) is 10.3. The van der Waals surface area contributed by atoms with Crippen molar-refractivity contribution < 1.29 is 27.6 Å². The first kappa shape index (κ1) is 30.4. The number of benzene rings is 4. The summed E-state index contributed by atoms with van der Waals surface area (Å²) in [7, 11) is 0. The molecule has 4 aromatic rings. The van der Waals surface area contributed by atoms with Crippen LogP contribution in [0.4, 0.5) is 24.5 Å². The third kappa shape index (κ3) is 8.73. The highest BCUT2D eigenvalue weighted by molar-refractivity contribution is 8.00. The monoisotopic (exact) mass is 609 g/mol. The van der Waals surface area contributed by atoms with Gasteiger partial charge in [0.15, 0.2) is 0 Å². The van der Waals surface area contributed by atoms with E-state index >= 15 is 0 Å². The molecule has 0 aliphatic carbocycles. The van der Waals surface area contributed by atoms with Gasteiger partial charge in [-0.05, 0) is 66.2 Å². The predicted molar refractivity (Wildman–Crippen MR) is 159 cm³/mol. The molecular weight excluding hydrogens is 587 g/mol. The van der Waals surface area contributed by atoms with Gasteiger partial charge in [-0.15, -0.1) is 11.8 Å². The summed E-state index contributed by atoms with van der Waals surface area (Å²) >= 11 is 7.05. The molecular formula is C31H23ClF3N3O3S. The minimum atomic E-state index is -4.61. The Morgan fingerprint density at radius 1 is 0.810 bits per heavy atom. The Morgan fingerprint density at radius 2 is 1.50 bits per heavy atom. The zero-order valence-electron chi connectivity index (χ0n) is 21.7. The van der Waals surface area contributed by atoms with Crippen LogP contribution in [0.1, 0.15) is 21.5 Å². The number of halogens is 4. The zero-order chi connectivity index (χ0) is 30.1. The summed E-state index contributed by atoms with van der Waals surface area (Å²) < 4.78 is 39.7. The number of nitrogens with one attached hydrogen (secondary N) is 3. The zero-order valence-corrected chi connectivity index (χ0v) is 23.3. The topological polar surface area (TPSA) is 87.3 Å². The number of hydrogen-bond acceptors (Lipinski definition) is 4. The third-order valence-corrected chi connectivity index (χ3v) is 6.92. The Hall–Kier alpha value is -4.54. The van der Waals surface area contributed by atoms with Crippen molar-refractivity contribution >= 4 is 58.5 Å². The van der Waals surface area contributed by atoms with Gasteiger partial charge in [0.05, 0.1) is 17.0 Å². The van der Waals surface area contributed by atoms with E-state index in [0.717, 1.165) is 17.8 Å². The molecule has 0 saturated carbocycles. The van der Waals surface area contributed by atoms with Crippen molar-refractivity contribution in [3.05, 3.63) is 131 Å². The Balaban J connectivity index is 1.45. The van der Waals surface area contributed by atoms with Gasteiger partial charge in [0.25, 0.3) is 11.8 Å². The molecule has 0 spiro atoms. The van der Waals surface area contributed by atoms with Crippen molar-refractivity contribution in [2.75, 3.05) is 16.4 Å². The molecule has 0 saturated heterocycles. The van der Waals surface area contributed by atoms with Gasteiger partial charge in [-0.2, -0.15) is 13.2 Å². The summed E-state index contributed by atoms with van der Waals surface area (Å²) in [6.07, 6.45) is -3.10. The number of amides is 3. The molecule has 4 aromatic carbocycles. The van der Waals surface area contributed by atoms with E-state index in [9.17, 15) is 27.6 Å². The van der Waals surface area contributed by atoms with Crippen LogP contribution in [0.2, 0.25) is 5.02 Å². The van der Waals surface area contributed by atoms with Crippen molar-refractivity contribution in [2.24, 2.45) is 0 Å². The predicted octanol–water partition coefficient (Wildman–Crippen LogP) is 7.50. The van der Waals surface area contributed by atoms with Crippen LogP contribution in [-0.2, 0) is 15.8 Å². The molecule has 3 amide bonds. The molecule has 0 atom stereocenters. The van der Waals surface area contributed by atoms with Gasteiger partial charge in [-0.3, -0.25) is 14.4 Å². The largest absolute Gasteiger partial charge is 0.418 e. The highest BCUT2D eigenvalue weighted by Gasteiger charge is 2.33. The van der Waals surface area contributed by atoms with E-state index in [1.807, 2.05) is 0 Å². The van der Waals surface area contributed by atoms with Gasteiger partial charge in [-0.25, -0.2) is 0 Å². The van der Waals surface area contributed by atoms with Gasteiger partial charge >= 0.3 is 6.18 Å². The highest BCUT2D eigenvalue weighted by atomic mass is 35.5. The summed E-state index contributed by atoms with van der Waals surface area (Å²) in [5.74, 6) is -1.87. The van der Waals surface area contributed by atoms with Crippen LogP contribution in [-0.4, -0.2) is 23.5 Å². The molecule has 4 rings (SSSR count). The molecule has 0 radical (unpaired) electrons. The van der Waals surface area contributed by atoms with Gasteiger partial charge < -0.3 is 16.0 Å². The number of carbonyl (C=O) groups is 3. The fraction of sp³-hybridized carbons (Fsp3) is 0.0645. The first-order chi connectivity index (χ1) is 20.1. The molecule has 6 nitrogen and oxygen atoms in total. The Labute approximate surface area is 249 Å². The van der Waals surface area contributed by atoms with Gasteiger partial charge in [-0.1, -0.05) is 60.1 Å². The van der Waals surface area contributed by atoms with E-state index in [0.29, 0.717) is 26.7 Å². The lowest BCUT2D eigenvalue weighted by atomic mass is 10.1. The van der Waals surface area contributed by atoms with Crippen LogP contribution < -0.4 is 16.0 Å². The Morgan fingerprint density at radius 3 is 2.21 bits per heavy atom. The van der Waals surface area contributed by atoms with Crippen LogP contribution in [0.15, 0.2) is 114 Å². The molecule has 11 heteroatoms. The maximum absolute atomic E-state index is 13.3. The molecule has 0 aliphatic heterocycles. The van der Waals surface area contributed by atoms with Crippen LogP contribution in [0.5, 0.6) is 0 Å². The lowest BCUT2D eigenvalue weighted by molar-refractivity contribution is -0.137. The van der Waals surface area contributed by atoms with E-state index in [1.165, 1.54) is 24.3 Å². The second kappa shape index (κ2) is 13.9. The molecule has 3 N–H and O–H groups in total. The lowest BCUT2D eigenvalue weighted by Crippen LogP contribution is -2.30. The standard InChI is InChI=1S/C31H23ClF3N3O3S/c32-22-15-13-20(14-16-22)17-27(38-29(40)21-7-2-1-3-8-21)30(41)36-23-9-6-10-24(18-23)42-19-28(39)37-26-12-5-4-11-25(26)31(33,34)35/h1-18H,19H2,(H,36,41)(H,37,39)(H,38,40)/b27-17+. The SMILES string of the molecule is O=C(CSc1cccc(NC(=O)/C(=C\c2ccc(Cl)cc2)NC(=O)c2ccccc2)c1)Nc1ccccc1C(F)(F)F. The third-order valence-electron chi connectivity index (χ3n) is 5.68. The smallest absolute Gasteiger partial charge is 0.325 e. The van der Waals surface area contributed by atoms with Crippen LogP contribution in [0.3, 0.4) is 0 Å². The lowest BCUT2D eigenvalue weighted by Gasteiger charge is -2.14. The van der Waals surface area contributed by atoms with Crippen molar-refractivity contribution in [1.82, 2.24) is 5.32 Å². The van der Waals surface area contributed by atoms with Gasteiger partial charge in [0.2, 0.25) is 5.91 Å². The molecule has 0 bridgehead atoms. The van der Waals surface area contributed by atoms with Crippen LogP contribution in [0.25, 0.3) is 6.08 Å². The summed E-state index contributed by atoms with van der Waals surface area (Å²) in [5, 5.41) is 8.20. The number of para-hydroxylation sites is 1. The molecule has 214 valence electrons. The molecule has 42 heavy (non-hydrogen) atoms.